The molecule has 0 saturated heterocycles. The predicted octanol–water partition coefficient (Wildman–Crippen LogP) is 5.08. The third kappa shape index (κ3) is 5.24. The summed E-state index contributed by atoms with van der Waals surface area (Å²) in [5, 5.41) is 1.08. The maximum absolute atomic E-state index is 12.6. The highest BCUT2D eigenvalue weighted by molar-refractivity contribution is 9.10. The molecule has 29 heavy (non-hydrogen) atoms. The minimum absolute atomic E-state index is 0.222. The number of nitrogens with two attached hydrogens (primary N) is 1. The molecule has 0 saturated carbocycles. The smallest absolute Gasteiger partial charge is 0.323 e. The third-order valence-corrected chi connectivity index (χ3v) is 5.62. The molecule has 2 amide bonds. The van der Waals surface area contributed by atoms with E-state index in [1.807, 2.05) is 18.2 Å². The minimum Gasteiger partial charge on any atom is -0.351 e. The van der Waals surface area contributed by atoms with E-state index in [4.69, 9.17) is 5.73 Å². The molecule has 0 aromatic heterocycles. The van der Waals surface area contributed by atoms with E-state index in [9.17, 15) is 13.2 Å². The molecule has 0 heterocycles. The van der Waals surface area contributed by atoms with Crippen LogP contribution in [0.15, 0.2) is 88.7 Å². The minimum atomic E-state index is -3.83. The maximum atomic E-state index is 12.6. The number of anilines is 3. The van der Waals surface area contributed by atoms with Gasteiger partial charge in [-0.05, 0) is 51.8 Å². The number of benzene rings is 3. The highest BCUT2D eigenvalue weighted by Crippen LogP contribution is 2.36. The number of rotatable bonds is 6. The van der Waals surface area contributed by atoms with Crippen molar-refractivity contribution in [3.63, 3.8) is 0 Å². The van der Waals surface area contributed by atoms with Crippen molar-refractivity contribution in [3.05, 3.63) is 94.3 Å². The van der Waals surface area contributed by atoms with Gasteiger partial charge in [0.2, 0.25) is 0 Å². The summed E-state index contributed by atoms with van der Waals surface area (Å²) in [5.74, 6) is 0. The van der Waals surface area contributed by atoms with Gasteiger partial charge < -0.3 is 5.73 Å². The fourth-order valence-electron chi connectivity index (χ4n) is 2.67. The summed E-state index contributed by atoms with van der Waals surface area (Å²) in [6, 6.07) is 21.9. The van der Waals surface area contributed by atoms with Gasteiger partial charge in [-0.1, -0.05) is 54.6 Å². The number of carbonyl (C=O) groups excluding carboxylic acids is 1. The maximum Gasteiger partial charge on any atom is 0.323 e. The second-order valence-electron chi connectivity index (χ2n) is 6.00. The topological polar surface area (TPSA) is 92.5 Å². The van der Waals surface area contributed by atoms with Crippen molar-refractivity contribution in [1.82, 2.24) is 0 Å². The molecule has 0 aliphatic rings. The lowest BCUT2D eigenvalue weighted by molar-refractivity contribution is 0.256. The highest BCUT2D eigenvalue weighted by atomic mass is 79.9. The van der Waals surface area contributed by atoms with Gasteiger partial charge >= 0.3 is 6.03 Å². The molecule has 6 nitrogen and oxygen atoms in total. The van der Waals surface area contributed by atoms with E-state index >= 15 is 0 Å². The fourth-order valence-corrected chi connectivity index (χ4v) is 4.02. The van der Waals surface area contributed by atoms with Crippen LogP contribution in [0.2, 0.25) is 0 Å². The second-order valence-corrected chi connectivity index (χ2v) is 8.42. The van der Waals surface area contributed by atoms with Gasteiger partial charge in [-0.2, -0.15) is 0 Å². The third-order valence-electron chi connectivity index (χ3n) is 3.95. The van der Waals surface area contributed by atoms with Crippen molar-refractivity contribution in [2.75, 3.05) is 9.62 Å². The monoisotopic (exact) mass is 471 g/mol. The first kappa shape index (κ1) is 20.6. The van der Waals surface area contributed by atoms with Gasteiger partial charge in [-0.25, -0.2) is 13.2 Å². The Morgan fingerprint density at radius 1 is 0.897 bits per heavy atom. The van der Waals surface area contributed by atoms with Gasteiger partial charge in [0.25, 0.3) is 10.0 Å². The van der Waals surface area contributed by atoms with Crippen LogP contribution >= 0.6 is 15.9 Å². The molecule has 3 aromatic rings. The van der Waals surface area contributed by atoms with Crippen LogP contribution < -0.4 is 15.4 Å². The van der Waals surface area contributed by atoms with Crippen molar-refractivity contribution in [3.8, 4) is 0 Å². The molecule has 0 unspecified atom stereocenters. The molecule has 0 spiro atoms. The standard InChI is InChI=1S/C21H18BrN3O3S/c22-17-10-4-6-12-19(17)25(21(23)26)20-13-7-5-11-18(20)24-29(27,28)15-14-16-8-2-1-3-9-16/h1-15,24H,(H2,23,26). The van der Waals surface area contributed by atoms with Gasteiger partial charge in [0.15, 0.2) is 0 Å². The van der Waals surface area contributed by atoms with Crippen LogP contribution in [0.1, 0.15) is 5.56 Å². The lowest BCUT2D eigenvalue weighted by atomic mass is 10.2. The fraction of sp³-hybridized carbons (Fsp3) is 0. The number of nitrogens with zero attached hydrogens (tertiary/aromatic N) is 1. The van der Waals surface area contributed by atoms with Crippen molar-refractivity contribution in [2.45, 2.75) is 0 Å². The van der Waals surface area contributed by atoms with E-state index in [-0.39, 0.29) is 5.69 Å². The molecule has 148 valence electrons. The number of nitrogens with one attached hydrogen (secondary N) is 1. The first-order valence-electron chi connectivity index (χ1n) is 8.56. The van der Waals surface area contributed by atoms with Crippen LogP contribution in [0.25, 0.3) is 6.08 Å². The zero-order valence-electron chi connectivity index (χ0n) is 15.2. The van der Waals surface area contributed by atoms with Gasteiger partial charge in [0.05, 0.1) is 22.5 Å². The van der Waals surface area contributed by atoms with E-state index < -0.39 is 16.1 Å². The Kier molecular flexibility index (Phi) is 6.36. The zero-order valence-corrected chi connectivity index (χ0v) is 17.6. The summed E-state index contributed by atoms with van der Waals surface area (Å²) in [4.78, 5) is 13.5. The molecule has 0 aliphatic carbocycles. The number of para-hydroxylation sites is 3. The first-order chi connectivity index (χ1) is 13.9. The molecule has 0 bridgehead atoms. The van der Waals surface area contributed by atoms with Crippen molar-refractivity contribution in [2.24, 2.45) is 5.73 Å². The quantitative estimate of drug-likeness (QED) is 0.524. The summed E-state index contributed by atoms with van der Waals surface area (Å²) in [6.07, 6.45) is 1.49. The van der Waals surface area contributed by atoms with Gasteiger partial charge in [-0.3, -0.25) is 9.62 Å². The number of amides is 2. The molecule has 0 atom stereocenters. The summed E-state index contributed by atoms with van der Waals surface area (Å²) in [6.45, 7) is 0. The Hall–Kier alpha value is -3.10. The average molecular weight is 472 g/mol. The molecular weight excluding hydrogens is 454 g/mol. The van der Waals surface area contributed by atoms with Gasteiger partial charge in [0.1, 0.15) is 0 Å². The van der Waals surface area contributed by atoms with E-state index in [1.54, 1.807) is 60.7 Å². The number of carbonyl (C=O) groups is 1. The molecule has 3 rings (SSSR count). The Bertz CT molecular complexity index is 1150. The van der Waals surface area contributed by atoms with Gasteiger partial charge in [0, 0.05) is 4.47 Å². The van der Waals surface area contributed by atoms with E-state index in [2.05, 4.69) is 20.7 Å². The number of urea groups is 1. The molecule has 3 aromatic carbocycles. The normalized spacial score (nSPS) is 11.3. The predicted molar refractivity (Wildman–Crippen MR) is 120 cm³/mol. The van der Waals surface area contributed by atoms with Crippen molar-refractivity contribution >= 4 is 55.1 Å². The van der Waals surface area contributed by atoms with E-state index in [1.165, 1.54) is 11.0 Å². The molecular formula is C21H18BrN3O3S. The number of halogens is 1. The summed E-state index contributed by atoms with van der Waals surface area (Å²) < 4.78 is 28.3. The first-order valence-corrected chi connectivity index (χ1v) is 10.9. The SMILES string of the molecule is NC(=O)N(c1ccccc1Br)c1ccccc1NS(=O)(=O)C=Cc1ccccc1. The number of sulfonamides is 1. The molecule has 0 aliphatic heterocycles. The second kappa shape index (κ2) is 8.93. The largest absolute Gasteiger partial charge is 0.351 e. The number of hydrogen-bond donors (Lipinski definition) is 2. The Morgan fingerprint density at radius 3 is 2.14 bits per heavy atom. The molecule has 0 fully saturated rings. The molecule has 0 radical (unpaired) electrons. The highest BCUT2D eigenvalue weighted by Gasteiger charge is 2.21. The van der Waals surface area contributed by atoms with Crippen LogP contribution in [0, 0.1) is 0 Å². The number of primary amides is 1. The van der Waals surface area contributed by atoms with Crippen LogP contribution in [0.5, 0.6) is 0 Å². The summed E-state index contributed by atoms with van der Waals surface area (Å²) in [7, 11) is -3.83. The van der Waals surface area contributed by atoms with E-state index in [0.29, 0.717) is 15.8 Å². The average Bonchev–Trinajstić information content (AvgIpc) is 2.70. The zero-order chi connectivity index (χ0) is 20.9. The van der Waals surface area contributed by atoms with Crippen LogP contribution in [-0.2, 0) is 10.0 Å². The lowest BCUT2D eigenvalue weighted by Crippen LogP contribution is -2.32. The van der Waals surface area contributed by atoms with Crippen LogP contribution in [0.3, 0.4) is 0 Å². The molecule has 3 N–H and O–H groups in total. The Balaban J connectivity index is 1.97. The van der Waals surface area contributed by atoms with Crippen molar-refractivity contribution in [1.29, 1.82) is 0 Å². The summed E-state index contributed by atoms with van der Waals surface area (Å²) >= 11 is 3.40. The summed E-state index contributed by atoms with van der Waals surface area (Å²) in [5.41, 5.74) is 7.38. The van der Waals surface area contributed by atoms with Crippen LogP contribution in [0.4, 0.5) is 21.9 Å². The Morgan fingerprint density at radius 2 is 1.48 bits per heavy atom. The Labute approximate surface area is 177 Å². The van der Waals surface area contributed by atoms with Crippen molar-refractivity contribution < 1.29 is 13.2 Å². The van der Waals surface area contributed by atoms with Gasteiger partial charge in [-0.15, -0.1) is 0 Å². The molecule has 8 heteroatoms. The van der Waals surface area contributed by atoms with E-state index in [0.717, 1.165) is 11.0 Å². The van der Waals surface area contributed by atoms with Crippen LogP contribution in [-0.4, -0.2) is 14.4 Å². The lowest BCUT2D eigenvalue weighted by Gasteiger charge is -2.24. The number of hydrogen-bond acceptors (Lipinski definition) is 3.